The van der Waals surface area contributed by atoms with Crippen LogP contribution in [0.1, 0.15) is 11.6 Å². The number of hydrogen-bond acceptors (Lipinski definition) is 6. The molecule has 10 heteroatoms. The standard InChI is InChI=1S/C17H15ClN2O5S2/c1-25-16(21)14-12(9-27(23,24)13-3-2-8-26-13)19-17(22)20-15(14)10-4-6-11(18)7-5-10/h2-8,15H,9H2,1H3,(H2,19,20,22). The van der Waals surface area contributed by atoms with E-state index in [0.717, 1.165) is 11.3 Å². The molecule has 3 rings (SSSR count). The quantitative estimate of drug-likeness (QED) is 0.715. The molecule has 27 heavy (non-hydrogen) atoms. The minimum Gasteiger partial charge on any atom is -0.466 e. The third kappa shape index (κ3) is 4.15. The molecule has 0 saturated carbocycles. The summed E-state index contributed by atoms with van der Waals surface area (Å²) < 4.78 is 30.3. The number of carbonyl (C=O) groups is 2. The summed E-state index contributed by atoms with van der Waals surface area (Å²) in [4.78, 5) is 24.5. The lowest BCUT2D eigenvalue weighted by molar-refractivity contribution is -0.136. The van der Waals surface area contributed by atoms with E-state index in [4.69, 9.17) is 16.3 Å². The summed E-state index contributed by atoms with van der Waals surface area (Å²) in [5, 5.41) is 7.19. The van der Waals surface area contributed by atoms with Crippen LogP contribution < -0.4 is 10.6 Å². The molecule has 2 N–H and O–H groups in total. The summed E-state index contributed by atoms with van der Waals surface area (Å²) in [5.74, 6) is -1.27. The summed E-state index contributed by atoms with van der Waals surface area (Å²) >= 11 is 6.96. The minimum absolute atomic E-state index is 0.0149. The van der Waals surface area contributed by atoms with Crippen LogP contribution in [0.4, 0.5) is 4.79 Å². The number of urea groups is 1. The van der Waals surface area contributed by atoms with Crippen LogP contribution in [0.2, 0.25) is 5.02 Å². The molecule has 0 saturated heterocycles. The van der Waals surface area contributed by atoms with Crippen molar-refractivity contribution < 1.29 is 22.7 Å². The number of hydrogen-bond donors (Lipinski definition) is 2. The molecule has 7 nitrogen and oxygen atoms in total. The Labute approximate surface area is 164 Å². The molecule has 2 heterocycles. The second kappa shape index (κ2) is 7.71. The molecule has 0 bridgehead atoms. The monoisotopic (exact) mass is 426 g/mol. The largest absolute Gasteiger partial charge is 0.466 e. The second-order valence-corrected chi connectivity index (χ2v) is 9.26. The Bertz CT molecular complexity index is 998. The normalized spacial score (nSPS) is 17.3. The highest BCUT2D eigenvalue weighted by Gasteiger charge is 2.35. The Morgan fingerprint density at radius 3 is 2.56 bits per heavy atom. The molecular weight excluding hydrogens is 412 g/mol. The summed E-state index contributed by atoms with van der Waals surface area (Å²) in [6, 6.07) is 8.13. The summed E-state index contributed by atoms with van der Waals surface area (Å²) in [6.45, 7) is 0. The number of ether oxygens (including phenoxy) is 1. The number of methoxy groups -OCH3 is 1. The zero-order chi connectivity index (χ0) is 19.6. The lowest BCUT2D eigenvalue weighted by Gasteiger charge is -2.29. The molecule has 1 aromatic carbocycles. The van der Waals surface area contributed by atoms with Gasteiger partial charge in [0.2, 0.25) is 0 Å². The van der Waals surface area contributed by atoms with E-state index in [1.807, 2.05) is 0 Å². The van der Waals surface area contributed by atoms with Crippen molar-refractivity contribution in [3.8, 4) is 0 Å². The first kappa shape index (κ1) is 19.4. The van der Waals surface area contributed by atoms with Crippen molar-refractivity contribution in [2.24, 2.45) is 0 Å². The molecule has 2 aromatic rings. The van der Waals surface area contributed by atoms with E-state index < -0.39 is 33.6 Å². The predicted molar refractivity (Wildman–Crippen MR) is 101 cm³/mol. The van der Waals surface area contributed by atoms with Crippen LogP contribution in [0.5, 0.6) is 0 Å². The van der Waals surface area contributed by atoms with E-state index >= 15 is 0 Å². The Kier molecular flexibility index (Phi) is 5.54. The minimum atomic E-state index is -3.74. The lowest BCUT2D eigenvalue weighted by Crippen LogP contribution is -2.47. The maximum Gasteiger partial charge on any atom is 0.338 e. The highest BCUT2D eigenvalue weighted by molar-refractivity contribution is 7.93. The number of benzene rings is 1. The molecule has 1 aromatic heterocycles. The van der Waals surface area contributed by atoms with Crippen molar-refractivity contribution in [2.75, 3.05) is 12.9 Å². The number of carbonyl (C=O) groups excluding carboxylic acids is 2. The molecular formula is C17H15ClN2O5S2. The number of esters is 1. The Balaban J connectivity index is 2.09. The van der Waals surface area contributed by atoms with Crippen LogP contribution in [-0.4, -0.2) is 33.3 Å². The Morgan fingerprint density at radius 2 is 1.96 bits per heavy atom. The van der Waals surface area contributed by atoms with Crippen LogP contribution in [0, 0.1) is 0 Å². The fourth-order valence-corrected chi connectivity index (χ4v) is 5.23. The van der Waals surface area contributed by atoms with Gasteiger partial charge in [0, 0.05) is 10.7 Å². The van der Waals surface area contributed by atoms with Gasteiger partial charge in [-0.2, -0.15) is 0 Å². The molecule has 0 fully saturated rings. The Morgan fingerprint density at radius 1 is 1.26 bits per heavy atom. The number of amides is 2. The molecule has 142 valence electrons. The average molecular weight is 427 g/mol. The van der Waals surface area contributed by atoms with E-state index in [2.05, 4.69) is 10.6 Å². The topological polar surface area (TPSA) is 102 Å². The van der Waals surface area contributed by atoms with Gasteiger partial charge in [0.15, 0.2) is 9.84 Å². The van der Waals surface area contributed by atoms with Crippen LogP contribution in [0.15, 0.2) is 57.3 Å². The van der Waals surface area contributed by atoms with Crippen molar-refractivity contribution in [3.63, 3.8) is 0 Å². The fraction of sp³-hybridized carbons (Fsp3) is 0.176. The molecule has 1 aliphatic rings. The molecule has 1 atom stereocenters. The van der Waals surface area contributed by atoms with Crippen LogP contribution >= 0.6 is 22.9 Å². The van der Waals surface area contributed by atoms with E-state index in [0.29, 0.717) is 10.6 Å². The van der Waals surface area contributed by atoms with Crippen molar-refractivity contribution in [1.82, 2.24) is 10.6 Å². The maximum absolute atomic E-state index is 12.6. The zero-order valence-electron chi connectivity index (χ0n) is 14.1. The van der Waals surface area contributed by atoms with Gasteiger partial charge in [0.25, 0.3) is 0 Å². The van der Waals surface area contributed by atoms with Crippen molar-refractivity contribution >= 4 is 44.8 Å². The van der Waals surface area contributed by atoms with Crippen molar-refractivity contribution in [3.05, 3.63) is 63.6 Å². The molecule has 2 amide bonds. The SMILES string of the molecule is COC(=O)C1=C(CS(=O)(=O)c2cccs2)NC(=O)NC1c1ccc(Cl)cc1. The van der Waals surface area contributed by atoms with Crippen molar-refractivity contribution in [2.45, 2.75) is 10.3 Å². The van der Waals surface area contributed by atoms with Gasteiger partial charge < -0.3 is 15.4 Å². The van der Waals surface area contributed by atoms with Gasteiger partial charge in [-0.3, -0.25) is 0 Å². The van der Waals surface area contributed by atoms with Crippen molar-refractivity contribution in [1.29, 1.82) is 0 Å². The van der Waals surface area contributed by atoms with Gasteiger partial charge in [-0.1, -0.05) is 29.8 Å². The Hall–Kier alpha value is -2.36. The van der Waals surface area contributed by atoms with E-state index in [1.54, 1.807) is 35.7 Å². The van der Waals surface area contributed by atoms with Gasteiger partial charge in [-0.25, -0.2) is 18.0 Å². The van der Waals surface area contributed by atoms with E-state index in [-0.39, 0.29) is 15.5 Å². The van der Waals surface area contributed by atoms with Gasteiger partial charge in [-0.15, -0.1) is 11.3 Å². The maximum atomic E-state index is 12.6. The third-order valence-corrected chi connectivity index (χ3v) is 7.28. The summed E-state index contributed by atoms with van der Waals surface area (Å²) in [6.07, 6.45) is 0. The summed E-state index contributed by atoms with van der Waals surface area (Å²) in [5.41, 5.74) is 0.583. The number of rotatable bonds is 5. The highest BCUT2D eigenvalue weighted by Crippen LogP contribution is 2.30. The molecule has 0 spiro atoms. The van der Waals surface area contributed by atoms with Gasteiger partial charge in [0.1, 0.15) is 4.21 Å². The van der Waals surface area contributed by atoms with Crippen LogP contribution in [0.3, 0.4) is 0 Å². The van der Waals surface area contributed by atoms with Crippen LogP contribution in [-0.2, 0) is 19.4 Å². The molecule has 1 aliphatic heterocycles. The third-order valence-electron chi connectivity index (χ3n) is 3.90. The van der Waals surface area contributed by atoms with Gasteiger partial charge in [-0.05, 0) is 29.1 Å². The molecule has 0 radical (unpaired) electrons. The predicted octanol–water partition coefficient (Wildman–Crippen LogP) is 2.66. The number of thiophene rings is 1. The first-order valence-electron chi connectivity index (χ1n) is 7.72. The molecule has 0 aliphatic carbocycles. The number of halogens is 1. The first-order chi connectivity index (χ1) is 12.8. The van der Waals surface area contributed by atoms with Gasteiger partial charge in [0.05, 0.1) is 24.5 Å². The fourth-order valence-electron chi connectivity index (χ4n) is 2.69. The molecule has 1 unspecified atom stereocenters. The second-order valence-electron chi connectivity index (χ2n) is 5.66. The lowest BCUT2D eigenvalue weighted by atomic mass is 9.95. The average Bonchev–Trinajstić information content (AvgIpc) is 3.16. The smallest absolute Gasteiger partial charge is 0.338 e. The van der Waals surface area contributed by atoms with E-state index in [9.17, 15) is 18.0 Å². The first-order valence-corrected chi connectivity index (χ1v) is 10.6. The van der Waals surface area contributed by atoms with E-state index in [1.165, 1.54) is 13.2 Å². The number of sulfone groups is 1. The zero-order valence-corrected chi connectivity index (χ0v) is 16.5. The highest BCUT2D eigenvalue weighted by atomic mass is 35.5. The number of nitrogens with one attached hydrogen (secondary N) is 2. The van der Waals surface area contributed by atoms with Gasteiger partial charge >= 0.3 is 12.0 Å². The van der Waals surface area contributed by atoms with Crippen LogP contribution in [0.25, 0.3) is 0 Å². The summed E-state index contributed by atoms with van der Waals surface area (Å²) in [7, 11) is -2.55.